The first-order valence-corrected chi connectivity index (χ1v) is 9.80. The van der Waals surface area contributed by atoms with Crippen LogP contribution in [0.5, 0.6) is 5.75 Å². The van der Waals surface area contributed by atoms with Gasteiger partial charge in [0, 0.05) is 22.2 Å². The zero-order chi connectivity index (χ0) is 19.5. The highest BCUT2D eigenvalue weighted by molar-refractivity contribution is 7.98. The number of aryl methyl sites for hydroxylation is 1. The topological polar surface area (TPSA) is 78.4 Å². The van der Waals surface area contributed by atoms with Crippen LogP contribution in [0.15, 0.2) is 67.4 Å². The van der Waals surface area contributed by atoms with Crippen LogP contribution >= 0.6 is 23.4 Å². The van der Waals surface area contributed by atoms with Crippen molar-refractivity contribution in [2.45, 2.75) is 24.5 Å². The lowest BCUT2D eigenvalue weighted by atomic mass is 10.1. The number of hydrogen-bond donors (Lipinski definition) is 0. The van der Waals surface area contributed by atoms with E-state index < -0.39 is 0 Å². The fraction of sp³-hybridized carbons (Fsp3) is 0.150. The number of ether oxygens (including phenoxy) is 1. The fourth-order valence-corrected chi connectivity index (χ4v) is 3.52. The SMILES string of the molecule is Cc1ccc2c(CSc3nnc(COc4ccc(Cl)cc4)o3)cc(=O)oc2c1. The Balaban J connectivity index is 1.43. The third kappa shape index (κ3) is 4.37. The molecule has 142 valence electrons. The average Bonchev–Trinajstić information content (AvgIpc) is 3.13. The number of aromatic nitrogens is 2. The molecule has 2 aromatic heterocycles. The summed E-state index contributed by atoms with van der Waals surface area (Å²) < 4.78 is 16.5. The molecule has 6 nitrogen and oxygen atoms in total. The van der Waals surface area contributed by atoms with Crippen LogP contribution in [0.2, 0.25) is 5.02 Å². The fourth-order valence-electron chi connectivity index (χ4n) is 2.63. The monoisotopic (exact) mass is 414 g/mol. The smallest absolute Gasteiger partial charge is 0.336 e. The second kappa shape index (κ2) is 8.08. The number of thioether (sulfide) groups is 1. The largest absolute Gasteiger partial charge is 0.484 e. The lowest BCUT2D eigenvalue weighted by Gasteiger charge is -2.04. The van der Waals surface area contributed by atoms with Crippen LogP contribution < -0.4 is 10.4 Å². The summed E-state index contributed by atoms with van der Waals surface area (Å²) >= 11 is 7.20. The van der Waals surface area contributed by atoms with E-state index in [1.165, 1.54) is 17.8 Å². The third-order valence-electron chi connectivity index (χ3n) is 3.96. The van der Waals surface area contributed by atoms with Crippen LogP contribution in [-0.2, 0) is 12.4 Å². The Bertz CT molecular complexity index is 1170. The lowest BCUT2D eigenvalue weighted by Crippen LogP contribution is -2.00. The molecule has 0 spiro atoms. The summed E-state index contributed by atoms with van der Waals surface area (Å²) in [4.78, 5) is 11.8. The molecule has 0 saturated carbocycles. The van der Waals surface area contributed by atoms with Crippen molar-refractivity contribution >= 4 is 34.3 Å². The van der Waals surface area contributed by atoms with E-state index >= 15 is 0 Å². The molecule has 2 heterocycles. The van der Waals surface area contributed by atoms with E-state index in [0.29, 0.717) is 33.2 Å². The van der Waals surface area contributed by atoms with E-state index in [2.05, 4.69) is 10.2 Å². The number of nitrogens with zero attached hydrogens (tertiary/aromatic N) is 2. The molecule has 8 heteroatoms. The van der Waals surface area contributed by atoms with Gasteiger partial charge in [-0.3, -0.25) is 0 Å². The van der Waals surface area contributed by atoms with Gasteiger partial charge < -0.3 is 13.6 Å². The first-order valence-electron chi connectivity index (χ1n) is 8.44. The molecular weight excluding hydrogens is 400 g/mol. The minimum Gasteiger partial charge on any atom is -0.484 e. The van der Waals surface area contributed by atoms with Crippen molar-refractivity contribution in [3.05, 3.63) is 81.0 Å². The van der Waals surface area contributed by atoms with Gasteiger partial charge >= 0.3 is 5.63 Å². The normalized spacial score (nSPS) is 11.1. The standard InChI is InChI=1S/C20H15ClN2O4S/c1-12-2-7-16-13(9-19(24)26-17(16)8-12)11-28-20-23-22-18(27-20)10-25-15-5-3-14(21)4-6-15/h2-9H,10-11H2,1H3. The predicted octanol–water partition coefficient (Wildman–Crippen LogP) is 5.01. The quantitative estimate of drug-likeness (QED) is 0.324. The van der Waals surface area contributed by atoms with Gasteiger partial charge in [0.2, 0.25) is 0 Å². The molecule has 0 aliphatic heterocycles. The van der Waals surface area contributed by atoms with Gasteiger partial charge in [-0.05, 0) is 48.4 Å². The van der Waals surface area contributed by atoms with Crippen molar-refractivity contribution in [2.24, 2.45) is 0 Å². The summed E-state index contributed by atoms with van der Waals surface area (Å²) in [5.41, 5.74) is 2.08. The van der Waals surface area contributed by atoms with Crippen LogP contribution in [0.1, 0.15) is 17.0 Å². The van der Waals surface area contributed by atoms with E-state index in [-0.39, 0.29) is 12.2 Å². The molecule has 4 aromatic rings. The maximum absolute atomic E-state index is 11.8. The first-order chi connectivity index (χ1) is 13.6. The highest BCUT2D eigenvalue weighted by atomic mass is 35.5. The molecular formula is C20H15ClN2O4S. The molecule has 0 saturated heterocycles. The summed E-state index contributed by atoms with van der Waals surface area (Å²) in [5.74, 6) is 1.53. The van der Waals surface area contributed by atoms with Gasteiger partial charge in [0.1, 0.15) is 11.3 Å². The van der Waals surface area contributed by atoms with Crippen molar-refractivity contribution in [3.63, 3.8) is 0 Å². The molecule has 0 amide bonds. The second-order valence-corrected chi connectivity index (χ2v) is 7.45. The van der Waals surface area contributed by atoms with Gasteiger partial charge in [0.05, 0.1) is 0 Å². The highest BCUT2D eigenvalue weighted by Crippen LogP contribution is 2.26. The number of hydrogen-bond acceptors (Lipinski definition) is 7. The highest BCUT2D eigenvalue weighted by Gasteiger charge is 2.11. The molecule has 0 bridgehead atoms. The van der Waals surface area contributed by atoms with Gasteiger partial charge in [-0.2, -0.15) is 0 Å². The minimum absolute atomic E-state index is 0.159. The summed E-state index contributed by atoms with van der Waals surface area (Å²) in [6, 6.07) is 14.3. The Kier molecular flexibility index (Phi) is 5.36. The second-order valence-electron chi connectivity index (χ2n) is 6.08. The van der Waals surface area contributed by atoms with Crippen molar-refractivity contribution in [3.8, 4) is 5.75 Å². The lowest BCUT2D eigenvalue weighted by molar-refractivity contribution is 0.252. The summed E-state index contributed by atoms with van der Waals surface area (Å²) in [7, 11) is 0. The van der Waals surface area contributed by atoms with Crippen LogP contribution in [-0.4, -0.2) is 10.2 Å². The van der Waals surface area contributed by atoms with Crippen molar-refractivity contribution in [2.75, 3.05) is 0 Å². The molecule has 28 heavy (non-hydrogen) atoms. The zero-order valence-corrected chi connectivity index (χ0v) is 16.4. The molecule has 0 aliphatic rings. The van der Waals surface area contributed by atoms with Gasteiger partial charge in [0.15, 0.2) is 6.61 Å². The van der Waals surface area contributed by atoms with Gasteiger partial charge in [-0.15, -0.1) is 10.2 Å². The number of halogens is 1. The van der Waals surface area contributed by atoms with E-state index in [9.17, 15) is 4.79 Å². The maximum atomic E-state index is 11.8. The van der Waals surface area contributed by atoms with Gasteiger partial charge in [0.25, 0.3) is 11.1 Å². The molecule has 0 radical (unpaired) electrons. The number of benzene rings is 2. The predicted molar refractivity (Wildman–Crippen MR) is 107 cm³/mol. The van der Waals surface area contributed by atoms with E-state index in [0.717, 1.165) is 16.5 Å². The molecule has 0 N–H and O–H groups in total. The minimum atomic E-state index is -0.378. The maximum Gasteiger partial charge on any atom is 0.336 e. The number of rotatable bonds is 6. The zero-order valence-electron chi connectivity index (χ0n) is 14.8. The molecule has 0 unspecified atom stereocenters. The van der Waals surface area contributed by atoms with Crippen LogP contribution in [0.3, 0.4) is 0 Å². The molecule has 0 fully saturated rings. The summed E-state index contributed by atoms with van der Waals surface area (Å²) in [5, 5.41) is 9.94. The van der Waals surface area contributed by atoms with Gasteiger partial charge in [-0.1, -0.05) is 35.5 Å². The van der Waals surface area contributed by atoms with Gasteiger partial charge in [-0.25, -0.2) is 4.79 Å². The van der Waals surface area contributed by atoms with Crippen LogP contribution in [0.25, 0.3) is 11.0 Å². The Morgan fingerprint density at radius 1 is 1.07 bits per heavy atom. The van der Waals surface area contributed by atoms with Crippen LogP contribution in [0, 0.1) is 6.92 Å². The Morgan fingerprint density at radius 2 is 1.89 bits per heavy atom. The Morgan fingerprint density at radius 3 is 2.71 bits per heavy atom. The van der Waals surface area contributed by atoms with Crippen molar-refractivity contribution in [1.82, 2.24) is 10.2 Å². The summed E-state index contributed by atoms with van der Waals surface area (Å²) in [6.07, 6.45) is 0. The van der Waals surface area contributed by atoms with E-state index in [4.69, 9.17) is 25.2 Å². The molecule has 0 aliphatic carbocycles. The summed E-state index contributed by atoms with van der Waals surface area (Å²) in [6.45, 7) is 2.11. The molecule has 0 atom stereocenters. The third-order valence-corrected chi connectivity index (χ3v) is 5.08. The number of fused-ring (bicyclic) bond motifs is 1. The van der Waals surface area contributed by atoms with E-state index in [1.807, 2.05) is 25.1 Å². The average molecular weight is 415 g/mol. The van der Waals surface area contributed by atoms with Crippen LogP contribution in [0.4, 0.5) is 0 Å². The first kappa shape index (κ1) is 18.6. The molecule has 2 aromatic carbocycles. The molecule has 4 rings (SSSR count). The van der Waals surface area contributed by atoms with Crippen molar-refractivity contribution in [1.29, 1.82) is 0 Å². The Labute approximate surface area is 169 Å². The van der Waals surface area contributed by atoms with E-state index in [1.54, 1.807) is 24.3 Å². The Hall–Kier alpha value is -2.77. The van der Waals surface area contributed by atoms with Crippen molar-refractivity contribution < 1.29 is 13.6 Å².